The van der Waals surface area contributed by atoms with E-state index >= 15 is 0 Å². The van der Waals surface area contributed by atoms with Gasteiger partial charge in [-0.3, -0.25) is 0 Å². The van der Waals surface area contributed by atoms with Gasteiger partial charge in [-0.15, -0.1) is 6.58 Å². The van der Waals surface area contributed by atoms with Crippen molar-refractivity contribution in [3.63, 3.8) is 0 Å². The Labute approximate surface area is 111 Å². The molecule has 0 radical (unpaired) electrons. The molecule has 1 rings (SSSR count). The summed E-state index contributed by atoms with van der Waals surface area (Å²) in [5, 5.41) is 17.3. The van der Waals surface area contributed by atoms with Crippen LogP contribution in [0.2, 0.25) is 0 Å². The van der Waals surface area contributed by atoms with Crippen LogP contribution in [0.5, 0.6) is 0 Å². The molecule has 0 bridgehead atoms. The van der Waals surface area contributed by atoms with E-state index in [1.54, 1.807) is 0 Å². The molecular formula is C13H29N5. The van der Waals surface area contributed by atoms with Crippen LogP contribution in [0.15, 0.2) is 12.7 Å². The number of hydrogen-bond donors (Lipinski definition) is 5. The summed E-state index contributed by atoms with van der Waals surface area (Å²) in [4.78, 5) is 0. The summed E-state index contributed by atoms with van der Waals surface area (Å²) in [6.07, 6.45) is 3.01. The van der Waals surface area contributed by atoms with Gasteiger partial charge in [0.1, 0.15) is 0 Å². The van der Waals surface area contributed by atoms with Crippen LogP contribution in [0.25, 0.3) is 0 Å². The van der Waals surface area contributed by atoms with Crippen LogP contribution < -0.4 is 26.6 Å². The SMILES string of the molecule is C=CCC1CNCCNCCNCCNCCN1. The Morgan fingerprint density at radius 2 is 1.28 bits per heavy atom. The lowest BCUT2D eigenvalue weighted by Crippen LogP contribution is -2.42. The van der Waals surface area contributed by atoms with Crippen LogP contribution in [0.4, 0.5) is 0 Å². The van der Waals surface area contributed by atoms with Crippen LogP contribution in [0.1, 0.15) is 6.42 Å². The third-order valence-corrected chi connectivity index (χ3v) is 3.01. The van der Waals surface area contributed by atoms with Crippen molar-refractivity contribution in [2.24, 2.45) is 0 Å². The highest BCUT2D eigenvalue weighted by molar-refractivity contribution is 4.80. The highest BCUT2D eigenvalue weighted by atomic mass is 15.0. The summed E-state index contributed by atoms with van der Waals surface area (Å²) in [7, 11) is 0. The molecule has 0 aromatic rings. The molecule has 1 saturated heterocycles. The first-order valence-corrected chi connectivity index (χ1v) is 7.10. The van der Waals surface area contributed by atoms with Gasteiger partial charge in [-0.25, -0.2) is 0 Å². The molecule has 1 fully saturated rings. The Balaban J connectivity index is 2.22. The highest BCUT2D eigenvalue weighted by Crippen LogP contribution is 1.90. The van der Waals surface area contributed by atoms with Gasteiger partial charge in [-0.2, -0.15) is 0 Å². The van der Waals surface area contributed by atoms with Crippen LogP contribution in [0, 0.1) is 0 Å². The van der Waals surface area contributed by atoms with Gasteiger partial charge in [0.2, 0.25) is 0 Å². The van der Waals surface area contributed by atoms with Gasteiger partial charge in [0, 0.05) is 64.9 Å². The Hall–Kier alpha value is -0.460. The Bertz CT molecular complexity index is 182. The zero-order valence-electron chi connectivity index (χ0n) is 11.4. The first kappa shape index (κ1) is 15.6. The number of hydrogen-bond acceptors (Lipinski definition) is 5. The van der Waals surface area contributed by atoms with Gasteiger partial charge in [0.25, 0.3) is 0 Å². The fraction of sp³-hybridized carbons (Fsp3) is 0.846. The predicted octanol–water partition coefficient (Wildman–Crippen LogP) is -1.11. The van der Waals surface area contributed by atoms with Crippen molar-refractivity contribution in [3.8, 4) is 0 Å². The predicted molar refractivity (Wildman–Crippen MR) is 78.1 cm³/mol. The molecule has 5 nitrogen and oxygen atoms in total. The lowest BCUT2D eigenvalue weighted by atomic mass is 10.2. The first-order valence-electron chi connectivity index (χ1n) is 7.10. The minimum absolute atomic E-state index is 0.493. The smallest absolute Gasteiger partial charge is 0.0227 e. The molecule has 1 heterocycles. The minimum atomic E-state index is 0.493. The average Bonchev–Trinajstić information content (AvgIpc) is 2.39. The van der Waals surface area contributed by atoms with Gasteiger partial charge in [0.05, 0.1) is 0 Å². The summed E-state index contributed by atoms with van der Waals surface area (Å²) < 4.78 is 0. The van der Waals surface area contributed by atoms with E-state index in [1.807, 2.05) is 6.08 Å². The summed E-state index contributed by atoms with van der Waals surface area (Å²) >= 11 is 0. The van der Waals surface area contributed by atoms with Crippen LogP contribution in [-0.2, 0) is 0 Å². The summed E-state index contributed by atoms with van der Waals surface area (Å²) in [6.45, 7) is 13.1. The van der Waals surface area contributed by atoms with Crippen LogP contribution >= 0.6 is 0 Å². The van der Waals surface area contributed by atoms with Crippen molar-refractivity contribution in [1.29, 1.82) is 0 Å². The molecule has 1 atom stereocenters. The molecule has 0 saturated carbocycles. The van der Waals surface area contributed by atoms with E-state index in [9.17, 15) is 0 Å². The second kappa shape index (κ2) is 11.6. The molecule has 18 heavy (non-hydrogen) atoms. The highest BCUT2D eigenvalue weighted by Gasteiger charge is 2.04. The zero-order chi connectivity index (χ0) is 12.9. The maximum Gasteiger partial charge on any atom is 0.0227 e. The van der Waals surface area contributed by atoms with Crippen molar-refractivity contribution < 1.29 is 0 Å². The van der Waals surface area contributed by atoms with Crippen molar-refractivity contribution in [1.82, 2.24) is 26.6 Å². The molecule has 0 aromatic carbocycles. The summed E-state index contributed by atoms with van der Waals surface area (Å²) in [6, 6.07) is 0.493. The van der Waals surface area contributed by atoms with E-state index in [0.717, 1.165) is 65.3 Å². The topological polar surface area (TPSA) is 60.1 Å². The van der Waals surface area contributed by atoms with Gasteiger partial charge in [-0.05, 0) is 6.42 Å². The normalized spacial score (nSPS) is 25.9. The van der Waals surface area contributed by atoms with Gasteiger partial charge < -0.3 is 26.6 Å². The maximum absolute atomic E-state index is 3.82. The second-order valence-corrected chi connectivity index (χ2v) is 4.63. The second-order valence-electron chi connectivity index (χ2n) is 4.63. The molecule has 5 heteroatoms. The third-order valence-electron chi connectivity index (χ3n) is 3.01. The van der Waals surface area contributed by atoms with Gasteiger partial charge in [-0.1, -0.05) is 6.08 Å². The quantitative estimate of drug-likeness (QED) is 0.405. The number of rotatable bonds is 2. The first-order chi connectivity index (χ1) is 8.93. The molecule has 106 valence electrons. The van der Waals surface area contributed by atoms with Crippen molar-refractivity contribution in [3.05, 3.63) is 12.7 Å². The minimum Gasteiger partial charge on any atom is -0.314 e. The standard InChI is InChI=1S/C13H29N5/c1-2-3-13-12-17-9-8-15-5-4-14-6-7-16-10-11-18-13/h2,13-18H,1,3-12H2. The van der Waals surface area contributed by atoms with E-state index in [0.29, 0.717) is 6.04 Å². The summed E-state index contributed by atoms with van der Waals surface area (Å²) in [5.41, 5.74) is 0. The van der Waals surface area contributed by atoms with Crippen molar-refractivity contribution in [2.45, 2.75) is 12.5 Å². The molecule has 0 spiro atoms. The molecule has 1 unspecified atom stereocenters. The Morgan fingerprint density at radius 1 is 0.778 bits per heavy atom. The molecule has 0 aliphatic carbocycles. The van der Waals surface area contributed by atoms with Gasteiger partial charge in [0.15, 0.2) is 0 Å². The fourth-order valence-electron chi connectivity index (χ4n) is 1.99. The van der Waals surface area contributed by atoms with Crippen molar-refractivity contribution in [2.75, 3.05) is 58.9 Å². The molecule has 5 N–H and O–H groups in total. The van der Waals surface area contributed by atoms with Crippen LogP contribution in [0.3, 0.4) is 0 Å². The Morgan fingerprint density at radius 3 is 1.83 bits per heavy atom. The maximum atomic E-state index is 3.82. The largest absolute Gasteiger partial charge is 0.314 e. The van der Waals surface area contributed by atoms with E-state index in [4.69, 9.17) is 0 Å². The summed E-state index contributed by atoms with van der Waals surface area (Å²) in [5.74, 6) is 0. The van der Waals surface area contributed by atoms with Crippen LogP contribution in [-0.4, -0.2) is 64.9 Å². The average molecular weight is 255 g/mol. The van der Waals surface area contributed by atoms with E-state index in [1.165, 1.54) is 0 Å². The van der Waals surface area contributed by atoms with E-state index in [2.05, 4.69) is 33.2 Å². The fourth-order valence-corrected chi connectivity index (χ4v) is 1.99. The van der Waals surface area contributed by atoms with Gasteiger partial charge >= 0.3 is 0 Å². The molecule has 0 aromatic heterocycles. The molecule has 0 amide bonds. The monoisotopic (exact) mass is 255 g/mol. The lowest BCUT2D eigenvalue weighted by Gasteiger charge is -2.18. The van der Waals surface area contributed by atoms with E-state index < -0.39 is 0 Å². The molecular weight excluding hydrogens is 226 g/mol. The molecule has 1 aliphatic heterocycles. The third kappa shape index (κ3) is 8.60. The zero-order valence-corrected chi connectivity index (χ0v) is 11.4. The van der Waals surface area contributed by atoms with E-state index in [-0.39, 0.29) is 0 Å². The number of nitrogens with one attached hydrogen (secondary N) is 5. The molecule has 1 aliphatic rings. The lowest BCUT2D eigenvalue weighted by molar-refractivity contribution is 0.469. The Kier molecular flexibility index (Phi) is 10.1. The van der Waals surface area contributed by atoms with Crippen molar-refractivity contribution >= 4 is 0 Å².